The van der Waals surface area contributed by atoms with Gasteiger partial charge in [0.25, 0.3) is 0 Å². The number of thiazole rings is 1. The van der Waals surface area contributed by atoms with Gasteiger partial charge in [-0.05, 0) is 44.2 Å². The van der Waals surface area contributed by atoms with Gasteiger partial charge in [0.1, 0.15) is 5.01 Å². The number of nitrogens with zero attached hydrogens (tertiary/aromatic N) is 1. The molecule has 0 bridgehead atoms. The largest absolute Gasteiger partial charge is 0.305 e. The normalized spacial score (nSPS) is 23.4. The summed E-state index contributed by atoms with van der Waals surface area (Å²) >= 11 is 5.44. The van der Waals surface area contributed by atoms with E-state index in [2.05, 4.69) is 64.3 Å². The molecule has 1 unspecified atom stereocenters. The Labute approximate surface area is 132 Å². The maximum atomic E-state index is 4.47. The van der Waals surface area contributed by atoms with Crippen LogP contribution in [0.3, 0.4) is 0 Å². The standard InChI is InChI=1S/C16H19BrN2S/c1-10-9-18-16(20-10)11(2)19-13-7-12(8-13)14-5-3-4-6-15(14)17/h3-6,9,11-13,19H,7-8H2,1-2H3. The van der Waals surface area contributed by atoms with Crippen LogP contribution in [0.4, 0.5) is 0 Å². The zero-order valence-corrected chi connectivity index (χ0v) is 14.2. The van der Waals surface area contributed by atoms with Gasteiger partial charge >= 0.3 is 0 Å². The number of aromatic nitrogens is 1. The van der Waals surface area contributed by atoms with E-state index in [9.17, 15) is 0 Å². The molecule has 0 radical (unpaired) electrons. The van der Waals surface area contributed by atoms with Crippen molar-refractivity contribution < 1.29 is 0 Å². The molecule has 1 aliphatic rings. The van der Waals surface area contributed by atoms with Crippen molar-refractivity contribution in [2.45, 2.75) is 44.7 Å². The summed E-state index contributed by atoms with van der Waals surface area (Å²) in [7, 11) is 0. The first-order valence-electron chi connectivity index (χ1n) is 7.06. The van der Waals surface area contributed by atoms with E-state index in [-0.39, 0.29) is 0 Å². The number of nitrogens with one attached hydrogen (secondary N) is 1. The lowest BCUT2D eigenvalue weighted by Crippen LogP contribution is -2.41. The molecule has 1 aromatic carbocycles. The van der Waals surface area contributed by atoms with Gasteiger partial charge in [0.05, 0.1) is 6.04 Å². The molecular formula is C16H19BrN2S. The third-order valence-corrected chi connectivity index (χ3v) is 5.80. The second-order valence-electron chi connectivity index (χ2n) is 5.58. The quantitative estimate of drug-likeness (QED) is 0.855. The van der Waals surface area contributed by atoms with E-state index in [0.717, 1.165) is 0 Å². The van der Waals surface area contributed by atoms with Crippen LogP contribution in [0.15, 0.2) is 34.9 Å². The number of aryl methyl sites for hydroxylation is 1. The maximum absolute atomic E-state index is 4.47. The fraction of sp³-hybridized carbons (Fsp3) is 0.438. The van der Waals surface area contributed by atoms with Crippen molar-refractivity contribution in [2.24, 2.45) is 0 Å². The van der Waals surface area contributed by atoms with Gasteiger partial charge < -0.3 is 5.32 Å². The molecule has 1 aromatic heterocycles. The lowest BCUT2D eigenvalue weighted by molar-refractivity contribution is 0.270. The highest BCUT2D eigenvalue weighted by Crippen LogP contribution is 2.40. The van der Waals surface area contributed by atoms with E-state index in [0.29, 0.717) is 18.0 Å². The highest BCUT2D eigenvalue weighted by Gasteiger charge is 2.32. The van der Waals surface area contributed by atoms with Gasteiger partial charge in [-0.25, -0.2) is 4.98 Å². The van der Waals surface area contributed by atoms with Crippen LogP contribution in [0, 0.1) is 6.92 Å². The van der Waals surface area contributed by atoms with Crippen molar-refractivity contribution in [3.8, 4) is 0 Å². The van der Waals surface area contributed by atoms with Crippen molar-refractivity contribution in [3.05, 3.63) is 50.4 Å². The molecule has 0 saturated heterocycles. The Morgan fingerprint density at radius 2 is 2.10 bits per heavy atom. The molecule has 2 nitrogen and oxygen atoms in total. The van der Waals surface area contributed by atoms with Crippen molar-refractivity contribution in [2.75, 3.05) is 0 Å². The number of rotatable bonds is 4. The van der Waals surface area contributed by atoms with Gasteiger partial charge in [-0.1, -0.05) is 34.1 Å². The minimum absolute atomic E-state index is 0.360. The van der Waals surface area contributed by atoms with E-state index < -0.39 is 0 Å². The summed E-state index contributed by atoms with van der Waals surface area (Å²) in [6.07, 6.45) is 4.40. The molecule has 1 N–H and O–H groups in total. The summed E-state index contributed by atoms with van der Waals surface area (Å²) < 4.78 is 1.24. The molecule has 1 aliphatic carbocycles. The molecule has 4 heteroatoms. The van der Waals surface area contributed by atoms with E-state index in [1.165, 1.54) is 32.8 Å². The molecule has 2 aromatic rings. The summed E-state index contributed by atoms with van der Waals surface area (Å²) in [5.41, 5.74) is 1.45. The number of hydrogen-bond donors (Lipinski definition) is 1. The Kier molecular flexibility index (Phi) is 4.24. The van der Waals surface area contributed by atoms with Gasteiger partial charge in [0.2, 0.25) is 0 Å². The zero-order chi connectivity index (χ0) is 14.1. The van der Waals surface area contributed by atoms with Crippen LogP contribution in [-0.2, 0) is 0 Å². The van der Waals surface area contributed by atoms with Crippen LogP contribution in [0.25, 0.3) is 0 Å². The molecule has 1 heterocycles. The van der Waals surface area contributed by atoms with E-state index in [1.807, 2.05) is 6.20 Å². The zero-order valence-electron chi connectivity index (χ0n) is 11.8. The van der Waals surface area contributed by atoms with E-state index in [4.69, 9.17) is 0 Å². The van der Waals surface area contributed by atoms with Gasteiger partial charge in [0, 0.05) is 21.6 Å². The summed E-state index contributed by atoms with van der Waals surface area (Å²) in [5, 5.41) is 4.90. The lowest BCUT2D eigenvalue weighted by Gasteiger charge is -2.38. The monoisotopic (exact) mass is 350 g/mol. The molecule has 106 valence electrons. The topological polar surface area (TPSA) is 24.9 Å². The Bertz CT molecular complexity index is 590. The summed E-state index contributed by atoms with van der Waals surface area (Å²) in [5.74, 6) is 0.688. The van der Waals surface area contributed by atoms with Crippen molar-refractivity contribution >= 4 is 27.3 Å². The van der Waals surface area contributed by atoms with Gasteiger partial charge in [-0.15, -0.1) is 11.3 Å². The van der Waals surface area contributed by atoms with Crippen LogP contribution >= 0.6 is 27.3 Å². The highest BCUT2D eigenvalue weighted by molar-refractivity contribution is 9.10. The summed E-state index contributed by atoms with van der Waals surface area (Å²) in [4.78, 5) is 5.75. The fourth-order valence-electron chi connectivity index (χ4n) is 2.81. The number of hydrogen-bond acceptors (Lipinski definition) is 3. The Morgan fingerprint density at radius 1 is 1.35 bits per heavy atom. The molecular weight excluding hydrogens is 332 g/mol. The second kappa shape index (κ2) is 5.96. The first-order valence-corrected chi connectivity index (χ1v) is 8.67. The third-order valence-electron chi connectivity index (χ3n) is 3.98. The minimum atomic E-state index is 0.360. The molecule has 1 fully saturated rings. The predicted molar refractivity (Wildman–Crippen MR) is 88.3 cm³/mol. The van der Waals surface area contributed by atoms with Crippen LogP contribution < -0.4 is 5.32 Å². The molecule has 3 rings (SSSR count). The predicted octanol–water partition coefficient (Wildman–Crippen LogP) is 4.81. The van der Waals surface area contributed by atoms with Gasteiger partial charge in [-0.2, -0.15) is 0 Å². The van der Waals surface area contributed by atoms with Crippen molar-refractivity contribution in [3.63, 3.8) is 0 Å². The van der Waals surface area contributed by atoms with Crippen LogP contribution in [0.2, 0.25) is 0 Å². The molecule has 1 atom stereocenters. The second-order valence-corrected chi connectivity index (χ2v) is 7.70. The van der Waals surface area contributed by atoms with E-state index >= 15 is 0 Å². The molecule has 1 saturated carbocycles. The SMILES string of the molecule is Cc1cnc(C(C)NC2CC(c3ccccc3Br)C2)s1. The smallest absolute Gasteiger partial charge is 0.109 e. The Morgan fingerprint density at radius 3 is 2.75 bits per heavy atom. The molecule has 0 aliphatic heterocycles. The Hall–Kier alpha value is -0.710. The maximum Gasteiger partial charge on any atom is 0.109 e. The van der Waals surface area contributed by atoms with Gasteiger partial charge in [0.15, 0.2) is 0 Å². The van der Waals surface area contributed by atoms with Gasteiger partial charge in [-0.3, -0.25) is 0 Å². The van der Waals surface area contributed by atoms with E-state index in [1.54, 1.807) is 11.3 Å². The number of halogens is 1. The highest BCUT2D eigenvalue weighted by atomic mass is 79.9. The van der Waals surface area contributed by atoms with Crippen LogP contribution in [0.5, 0.6) is 0 Å². The summed E-state index contributed by atoms with van der Waals surface area (Å²) in [6, 6.07) is 9.55. The minimum Gasteiger partial charge on any atom is -0.305 e. The molecule has 0 amide bonds. The van der Waals surface area contributed by atoms with Crippen LogP contribution in [-0.4, -0.2) is 11.0 Å². The first-order chi connectivity index (χ1) is 9.63. The number of benzene rings is 1. The average Bonchev–Trinajstić information content (AvgIpc) is 2.81. The average molecular weight is 351 g/mol. The summed E-state index contributed by atoms with van der Waals surface area (Å²) in [6.45, 7) is 4.32. The first kappa shape index (κ1) is 14.2. The Balaban J connectivity index is 1.55. The fourth-order valence-corrected chi connectivity index (χ4v) is 4.21. The van der Waals surface area contributed by atoms with Crippen molar-refractivity contribution in [1.29, 1.82) is 0 Å². The molecule has 20 heavy (non-hydrogen) atoms. The van der Waals surface area contributed by atoms with Crippen LogP contribution in [0.1, 0.15) is 47.2 Å². The molecule has 0 spiro atoms. The lowest BCUT2D eigenvalue weighted by atomic mass is 9.75. The van der Waals surface area contributed by atoms with Crippen molar-refractivity contribution in [1.82, 2.24) is 10.3 Å². The third kappa shape index (κ3) is 2.97.